The van der Waals surface area contributed by atoms with Crippen molar-refractivity contribution in [1.29, 1.82) is 0 Å². The van der Waals surface area contributed by atoms with Gasteiger partial charge in [-0.05, 0) is 30.3 Å². The number of carbonyl (C=O) groups excluding carboxylic acids is 1. The van der Waals surface area contributed by atoms with Gasteiger partial charge in [-0.25, -0.2) is 13.6 Å². The van der Waals surface area contributed by atoms with Crippen LogP contribution in [0, 0.1) is 0 Å². The number of carbonyl (C=O) groups is 1. The molecule has 0 bridgehead atoms. The van der Waals surface area contributed by atoms with Gasteiger partial charge in [-0.1, -0.05) is 18.2 Å². The zero-order valence-electron chi connectivity index (χ0n) is 13.1. The maximum Gasteiger partial charge on any atom is 0.258 e. The smallest absolute Gasteiger partial charge is 0.258 e. The van der Waals surface area contributed by atoms with E-state index in [9.17, 15) is 13.2 Å². The number of methoxy groups -OCH3 is 1. The average Bonchev–Trinajstić information content (AvgIpc) is 2.58. The van der Waals surface area contributed by atoms with Crippen molar-refractivity contribution in [3.05, 3.63) is 54.1 Å². The minimum atomic E-state index is -3.74. The van der Waals surface area contributed by atoms with Crippen molar-refractivity contribution < 1.29 is 22.7 Å². The number of sulfonamides is 1. The highest BCUT2D eigenvalue weighted by Gasteiger charge is 2.09. The molecule has 7 nitrogen and oxygen atoms in total. The molecule has 0 unspecified atom stereocenters. The number of nitrogens with two attached hydrogens (primary N) is 1. The van der Waals surface area contributed by atoms with E-state index in [0.29, 0.717) is 18.0 Å². The monoisotopic (exact) mass is 350 g/mol. The van der Waals surface area contributed by atoms with E-state index in [4.69, 9.17) is 14.6 Å². The molecule has 1 amide bonds. The molecule has 8 heteroatoms. The number of nitrogens with one attached hydrogen (secondary N) is 1. The maximum absolute atomic E-state index is 11.8. The second-order valence-corrected chi connectivity index (χ2v) is 6.46. The fraction of sp³-hybridized carbons (Fsp3) is 0.188. The Hall–Kier alpha value is -2.58. The maximum atomic E-state index is 11.8. The standard InChI is InChI=1S/C16H18N2O5S/c1-22-15-5-3-2-4-12(15)10-18-16(19)11-23-13-6-8-14(9-7-13)24(17,20)21/h2-9H,10-11H2,1H3,(H,18,19)(H2,17,20,21). The van der Waals surface area contributed by atoms with Crippen LogP contribution in [0.4, 0.5) is 0 Å². The predicted molar refractivity (Wildman–Crippen MR) is 88.2 cm³/mol. The van der Waals surface area contributed by atoms with Gasteiger partial charge in [0.25, 0.3) is 5.91 Å². The fourth-order valence-electron chi connectivity index (χ4n) is 1.97. The average molecular weight is 350 g/mol. The Morgan fingerprint density at radius 3 is 2.42 bits per heavy atom. The number of ether oxygens (including phenoxy) is 2. The van der Waals surface area contributed by atoms with Crippen molar-refractivity contribution in [3.63, 3.8) is 0 Å². The minimum Gasteiger partial charge on any atom is -0.496 e. The lowest BCUT2D eigenvalue weighted by atomic mass is 10.2. The van der Waals surface area contributed by atoms with Gasteiger partial charge in [0.05, 0.1) is 12.0 Å². The molecule has 0 atom stereocenters. The van der Waals surface area contributed by atoms with Gasteiger partial charge in [0, 0.05) is 12.1 Å². The van der Waals surface area contributed by atoms with E-state index in [1.165, 1.54) is 24.3 Å². The van der Waals surface area contributed by atoms with Crippen LogP contribution in [-0.4, -0.2) is 28.0 Å². The SMILES string of the molecule is COc1ccccc1CNC(=O)COc1ccc(S(N)(=O)=O)cc1. The number of hydrogen-bond acceptors (Lipinski definition) is 5. The Kier molecular flexibility index (Phi) is 5.78. The third-order valence-corrected chi connectivity index (χ3v) is 4.12. The van der Waals surface area contributed by atoms with E-state index in [1.54, 1.807) is 7.11 Å². The lowest BCUT2D eigenvalue weighted by Crippen LogP contribution is -2.28. The lowest BCUT2D eigenvalue weighted by molar-refractivity contribution is -0.123. The molecule has 0 spiro atoms. The Labute approximate surface area is 140 Å². The van der Waals surface area contributed by atoms with Crippen molar-refractivity contribution in [1.82, 2.24) is 5.32 Å². The molecule has 0 aromatic heterocycles. The van der Waals surface area contributed by atoms with Crippen molar-refractivity contribution in [2.24, 2.45) is 5.14 Å². The van der Waals surface area contributed by atoms with E-state index in [0.717, 1.165) is 5.56 Å². The van der Waals surface area contributed by atoms with Crippen molar-refractivity contribution >= 4 is 15.9 Å². The topological polar surface area (TPSA) is 108 Å². The second-order valence-electron chi connectivity index (χ2n) is 4.89. The van der Waals surface area contributed by atoms with Gasteiger partial charge in [0.2, 0.25) is 10.0 Å². The highest BCUT2D eigenvalue weighted by atomic mass is 32.2. The number of rotatable bonds is 7. The highest BCUT2D eigenvalue weighted by Crippen LogP contribution is 2.17. The predicted octanol–water partition coefficient (Wildman–Crippen LogP) is 1.04. The zero-order valence-corrected chi connectivity index (χ0v) is 13.9. The third-order valence-electron chi connectivity index (χ3n) is 3.19. The Balaban J connectivity index is 1.85. The Morgan fingerprint density at radius 1 is 1.12 bits per heavy atom. The molecule has 0 aliphatic carbocycles. The van der Waals surface area contributed by atoms with Gasteiger partial charge in [0.15, 0.2) is 6.61 Å². The molecule has 2 aromatic rings. The summed E-state index contributed by atoms with van der Waals surface area (Å²) < 4.78 is 32.8. The summed E-state index contributed by atoms with van der Waals surface area (Å²) in [5.41, 5.74) is 0.853. The third kappa shape index (κ3) is 4.97. The molecule has 0 saturated heterocycles. The highest BCUT2D eigenvalue weighted by molar-refractivity contribution is 7.89. The molecule has 128 valence electrons. The van der Waals surface area contributed by atoms with E-state index < -0.39 is 10.0 Å². The quantitative estimate of drug-likeness (QED) is 0.776. The van der Waals surface area contributed by atoms with Gasteiger partial charge >= 0.3 is 0 Å². The molecule has 0 aliphatic rings. The van der Waals surface area contributed by atoms with Gasteiger partial charge in [0.1, 0.15) is 11.5 Å². The summed E-state index contributed by atoms with van der Waals surface area (Å²) in [5.74, 6) is 0.753. The molecule has 0 saturated carbocycles. The van der Waals surface area contributed by atoms with Gasteiger partial charge < -0.3 is 14.8 Å². The number of para-hydroxylation sites is 1. The molecule has 0 fully saturated rings. The van der Waals surface area contributed by atoms with Crippen molar-refractivity contribution in [2.75, 3.05) is 13.7 Å². The molecular formula is C16H18N2O5S. The summed E-state index contributed by atoms with van der Waals surface area (Å²) in [7, 11) is -2.18. The molecule has 24 heavy (non-hydrogen) atoms. The molecule has 3 N–H and O–H groups in total. The first-order valence-electron chi connectivity index (χ1n) is 7.04. The van der Waals surface area contributed by atoms with Crippen molar-refractivity contribution in [3.8, 4) is 11.5 Å². The molecule has 0 aliphatic heterocycles. The zero-order chi connectivity index (χ0) is 17.6. The number of primary sulfonamides is 1. The second kappa shape index (κ2) is 7.80. The number of hydrogen-bond donors (Lipinski definition) is 2. The summed E-state index contributed by atoms with van der Waals surface area (Å²) >= 11 is 0. The van der Waals surface area contributed by atoms with Crippen LogP contribution in [0.3, 0.4) is 0 Å². The molecule has 2 rings (SSSR count). The van der Waals surface area contributed by atoms with E-state index in [-0.39, 0.29) is 17.4 Å². The van der Waals surface area contributed by atoms with Crippen LogP contribution in [0.5, 0.6) is 11.5 Å². The minimum absolute atomic E-state index is 0.0181. The Bertz CT molecular complexity index is 803. The van der Waals surface area contributed by atoms with Crippen LogP contribution >= 0.6 is 0 Å². The summed E-state index contributed by atoms with van der Waals surface area (Å²) in [6.45, 7) is 0.125. The van der Waals surface area contributed by atoms with Crippen LogP contribution < -0.4 is 19.9 Å². The summed E-state index contributed by atoms with van der Waals surface area (Å²) in [6.07, 6.45) is 0. The molecule has 0 radical (unpaired) electrons. The van der Waals surface area contributed by atoms with Crippen LogP contribution in [0.25, 0.3) is 0 Å². The first-order valence-corrected chi connectivity index (χ1v) is 8.59. The summed E-state index contributed by atoms with van der Waals surface area (Å²) in [5, 5.41) is 7.72. The molecule has 0 heterocycles. The molecule has 2 aromatic carbocycles. The normalized spacial score (nSPS) is 10.9. The summed E-state index contributed by atoms with van der Waals surface area (Å²) in [6, 6.07) is 12.9. The lowest BCUT2D eigenvalue weighted by Gasteiger charge is -2.10. The number of amides is 1. The van der Waals surface area contributed by atoms with Crippen LogP contribution in [0.1, 0.15) is 5.56 Å². The molecular weight excluding hydrogens is 332 g/mol. The van der Waals surface area contributed by atoms with Crippen LogP contribution in [0.2, 0.25) is 0 Å². The Morgan fingerprint density at radius 2 is 1.79 bits per heavy atom. The van der Waals surface area contributed by atoms with E-state index in [2.05, 4.69) is 5.32 Å². The largest absolute Gasteiger partial charge is 0.496 e. The van der Waals surface area contributed by atoms with E-state index in [1.807, 2.05) is 24.3 Å². The summed E-state index contributed by atoms with van der Waals surface area (Å²) in [4.78, 5) is 11.8. The van der Waals surface area contributed by atoms with Crippen LogP contribution in [0.15, 0.2) is 53.4 Å². The van der Waals surface area contributed by atoms with Crippen molar-refractivity contribution in [2.45, 2.75) is 11.4 Å². The fourth-order valence-corrected chi connectivity index (χ4v) is 2.48. The van der Waals surface area contributed by atoms with Gasteiger partial charge in [-0.15, -0.1) is 0 Å². The van der Waals surface area contributed by atoms with Gasteiger partial charge in [-0.2, -0.15) is 0 Å². The number of benzene rings is 2. The first kappa shape index (κ1) is 17.8. The van der Waals surface area contributed by atoms with E-state index >= 15 is 0 Å². The van der Waals surface area contributed by atoms with Gasteiger partial charge in [-0.3, -0.25) is 4.79 Å². The van der Waals surface area contributed by atoms with Crippen LogP contribution in [-0.2, 0) is 21.4 Å². The first-order chi connectivity index (χ1) is 11.4.